The Bertz CT molecular complexity index is 871. The number of ether oxygens (including phenoxy) is 2. The topological polar surface area (TPSA) is 65.4 Å². The minimum atomic E-state index is -0.335. The number of anilines is 1. The number of hydrogen-bond donors (Lipinski definition) is 1. The molecule has 6 nitrogen and oxygen atoms in total. The van der Waals surface area contributed by atoms with Crippen molar-refractivity contribution in [2.45, 2.75) is 6.92 Å². The molecule has 1 aromatic heterocycles. The lowest BCUT2D eigenvalue weighted by Crippen LogP contribution is -2.20. The summed E-state index contributed by atoms with van der Waals surface area (Å²) in [6, 6.07) is 10.6. The van der Waals surface area contributed by atoms with Gasteiger partial charge in [0, 0.05) is 17.1 Å². The van der Waals surface area contributed by atoms with Gasteiger partial charge < -0.3 is 14.8 Å². The number of aromatic nitrogens is 2. The molecule has 0 spiro atoms. The third-order valence-electron chi connectivity index (χ3n) is 3.66. The summed E-state index contributed by atoms with van der Waals surface area (Å²) in [6.07, 6.45) is 1.69. The minimum Gasteiger partial charge on any atom is -0.493 e. The van der Waals surface area contributed by atoms with E-state index in [1.54, 1.807) is 38.6 Å². The van der Waals surface area contributed by atoms with Crippen LogP contribution in [0.1, 0.15) is 5.56 Å². The molecule has 3 rings (SSSR count). The zero-order valence-corrected chi connectivity index (χ0v) is 13.2. The van der Waals surface area contributed by atoms with Crippen molar-refractivity contribution in [1.82, 2.24) is 9.78 Å². The molecule has 118 valence electrons. The van der Waals surface area contributed by atoms with Gasteiger partial charge in [-0.2, -0.15) is 9.78 Å². The quantitative estimate of drug-likeness (QED) is 0.804. The molecule has 1 amide bonds. The molecule has 0 saturated heterocycles. The van der Waals surface area contributed by atoms with Crippen LogP contribution in [0.2, 0.25) is 0 Å². The van der Waals surface area contributed by atoms with Crippen molar-refractivity contribution in [3.05, 3.63) is 48.2 Å². The van der Waals surface area contributed by atoms with Crippen LogP contribution < -0.4 is 14.8 Å². The number of methoxy groups -OCH3 is 2. The monoisotopic (exact) mass is 311 g/mol. The highest BCUT2D eigenvalue weighted by molar-refractivity contribution is 5.98. The Balaban J connectivity index is 1.90. The summed E-state index contributed by atoms with van der Waals surface area (Å²) in [6.45, 7) is 1.99. The summed E-state index contributed by atoms with van der Waals surface area (Å²) in [5.74, 6) is 1.15. The van der Waals surface area contributed by atoms with E-state index >= 15 is 0 Å². The first-order valence-corrected chi connectivity index (χ1v) is 7.11. The molecule has 1 N–H and O–H groups in total. The molecule has 2 aromatic carbocycles. The van der Waals surface area contributed by atoms with Gasteiger partial charge in [-0.3, -0.25) is 0 Å². The van der Waals surface area contributed by atoms with E-state index in [2.05, 4.69) is 10.4 Å². The van der Waals surface area contributed by atoms with Crippen LogP contribution in [-0.4, -0.2) is 30.0 Å². The molecule has 0 aliphatic carbocycles. The summed E-state index contributed by atoms with van der Waals surface area (Å²) >= 11 is 0. The van der Waals surface area contributed by atoms with E-state index in [9.17, 15) is 4.79 Å². The third kappa shape index (κ3) is 2.70. The van der Waals surface area contributed by atoms with E-state index in [1.807, 2.05) is 25.1 Å². The smallest absolute Gasteiger partial charge is 0.347 e. The maximum absolute atomic E-state index is 12.5. The zero-order valence-electron chi connectivity index (χ0n) is 13.2. The lowest BCUT2D eigenvalue weighted by molar-refractivity contribution is 0.252. The number of amides is 1. The highest BCUT2D eigenvalue weighted by Gasteiger charge is 2.13. The fourth-order valence-corrected chi connectivity index (χ4v) is 2.45. The van der Waals surface area contributed by atoms with E-state index in [1.165, 1.54) is 4.68 Å². The van der Waals surface area contributed by atoms with Crippen molar-refractivity contribution in [2.24, 2.45) is 0 Å². The maximum atomic E-state index is 12.5. The Hall–Kier alpha value is -3.02. The molecular formula is C17H17N3O3. The average molecular weight is 311 g/mol. The predicted molar refractivity (Wildman–Crippen MR) is 88.4 cm³/mol. The first-order valence-electron chi connectivity index (χ1n) is 7.11. The van der Waals surface area contributed by atoms with Gasteiger partial charge in [-0.15, -0.1) is 0 Å². The molecule has 0 fully saturated rings. The van der Waals surface area contributed by atoms with Gasteiger partial charge in [0.25, 0.3) is 0 Å². The maximum Gasteiger partial charge on any atom is 0.347 e. The van der Waals surface area contributed by atoms with Gasteiger partial charge in [-0.25, -0.2) is 4.79 Å². The van der Waals surface area contributed by atoms with Crippen LogP contribution in [0.4, 0.5) is 10.5 Å². The van der Waals surface area contributed by atoms with Crippen LogP contribution in [0, 0.1) is 6.92 Å². The van der Waals surface area contributed by atoms with Crippen molar-refractivity contribution < 1.29 is 14.3 Å². The Morgan fingerprint density at radius 3 is 2.65 bits per heavy atom. The number of carbonyl (C=O) groups is 1. The molecule has 0 atom stereocenters. The molecule has 23 heavy (non-hydrogen) atoms. The van der Waals surface area contributed by atoms with Crippen molar-refractivity contribution in [3.8, 4) is 11.5 Å². The molecule has 0 aliphatic heterocycles. The number of fused-ring (bicyclic) bond motifs is 1. The SMILES string of the molecule is COc1ccc(NC(=O)n2ncc3c(C)cccc32)cc1OC. The second-order valence-electron chi connectivity index (χ2n) is 5.06. The largest absolute Gasteiger partial charge is 0.493 e. The van der Waals surface area contributed by atoms with Gasteiger partial charge in [-0.1, -0.05) is 12.1 Å². The van der Waals surface area contributed by atoms with Gasteiger partial charge in [0.15, 0.2) is 11.5 Å². The van der Waals surface area contributed by atoms with Crippen LogP contribution in [0.5, 0.6) is 11.5 Å². The Kier molecular flexibility index (Phi) is 3.89. The lowest BCUT2D eigenvalue weighted by atomic mass is 10.1. The molecule has 0 bridgehead atoms. The van der Waals surface area contributed by atoms with E-state index in [0.717, 1.165) is 16.5 Å². The molecule has 3 aromatic rings. The zero-order chi connectivity index (χ0) is 16.4. The molecule has 0 saturated carbocycles. The van der Waals surface area contributed by atoms with E-state index in [4.69, 9.17) is 9.47 Å². The highest BCUT2D eigenvalue weighted by atomic mass is 16.5. The summed E-state index contributed by atoms with van der Waals surface area (Å²) in [7, 11) is 3.11. The third-order valence-corrected chi connectivity index (χ3v) is 3.66. The molecule has 0 aliphatic rings. The summed E-state index contributed by atoms with van der Waals surface area (Å²) < 4.78 is 11.8. The second-order valence-corrected chi connectivity index (χ2v) is 5.06. The number of benzene rings is 2. The summed E-state index contributed by atoms with van der Waals surface area (Å²) in [5, 5.41) is 7.94. The average Bonchev–Trinajstić information content (AvgIpc) is 3.00. The van der Waals surface area contributed by atoms with Gasteiger partial charge in [0.05, 0.1) is 25.9 Å². The highest BCUT2D eigenvalue weighted by Crippen LogP contribution is 2.29. The van der Waals surface area contributed by atoms with Crippen molar-refractivity contribution in [3.63, 3.8) is 0 Å². The minimum absolute atomic E-state index is 0.335. The van der Waals surface area contributed by atoms with Crippen molar-refractivity contribution >= 4 is 22.6 Å². The van der Waals surface area contributed by atoms with Gasteiger partial charge >= 0.3 is 6.03 Å². The Labute approximate surface area is 133 Å². The van der Waals surface area contributed by atoms with Crippen LogP contribution >= 0.6 is 0 Å². The summed E-state index contributed by atoms with van der Waals surface area (Å²) in [5.41, 5.74) is 2.44. The van der Waals surface area contributed by atoms with E-state index in [-0.39, 0.29) is 6.03 Å². The van der Waals surface area contributed by atoms with Crippen molar-refractivity contribution in [1.29, 1.82) is 0 Å². The van der Waals surface area contributed by atoms with E-state index in [0.29, 0.717) is 17.2 Å². The molecule has 6 heteroatoms. The second kappa shape index (κ2) is 6.00. The number of rotatable bonds is 3. The first kappa shape index (κ1) is 14.9. The van der Waals surface area contributed by atoms with Crippen LogP contribution in [0.25, 0.3) is 10.9 Å². The number of hydrogen-bond acceptors (Lipinski definition) is 4. The van der Waals surface area contributed by atoms with Crippen molar-refractivity contribution in [2.75, 3.05) is 19.5 Å². The number of nitrogens with zero attached hydrogens (tertiary/aromatic N) is 2. The summed E-state index contributed by atoms with van der Waals surface area (Å²) in [4.78, 5) is 12.5. The molecule has 0 unspecified atom stereocenters. The standard InChI is InChI=1S/C17H17N3O3/c1-11-5-4-6-14-13(11)10-18-20(14)17(21)19-12-7-8-15(22-2)16(9-12)23-3/h4-10H,1-3H3,(H,19,21). The molecule has 1 heterocycles. The number of carbonyl (C=O) groups excluding carboxylic acids is 1. The van der Waals surface area contributed by atoms with Gasteiger partial charge in [0.1, 0.15) is 0 Å². The van der Waals surface area contributed by atoms with Crippen LogP contribution in [0.15, 0.2) is 42.6 Å². The lowest BCUT2D eigenvalue weighted by Gasteiger charge is -2.10. The van der Waals surface area contributed by atoms with E-state index < -0.39 is 0 Å². The van der Waals surface area contributed by atoms with Crippen LogP contribution in [-0.2, 0) is 0 Å². The number of aryl methyl sites for hydroxylation is 1. The Morgan fingerprint density at radius 1 is 1.13 bits per heavy atom. The normalized spacial score (nSPS) is 10.6. The molecule has 0 radical (unpaired) electrons. The predicted octanol–water partition coefficient (Wildman–Crippen LogP) is 3.44. The fourth-order valence-electron chi connectivity index (χ4n) is 2.45. The molecular weight excluding hydrogens is 294 g/mol. The van der Waals surface area contributed by atoms with Gasteiger partial charge in [0.2, 0.25) is 0 Å². The fraction of sp³-hybridized carbons (Fsp3) is 0.176. The first-order chi connectivity index (χ1) is 11.1. The van der Waals surface area contributed by atoms with Crippen LogP contribution in [0.3, 0.4) is 0 Å². The van der Waals surface area contributed by atoms with Gasteiger partial charge in [-0.05, 0) is 30.7 Å². The number of nitrogens with one attached hydrogen (secondary N) is 1. The Morgan fingerprint density at radius 2 is 1.91 bits per heavy atom.